The summed E-state index contributed by atoms with van der Waals surface area (Å²) in [7, 11) is 3.75. The molecule has 0 saturated heterocycles. The van der Waals surface area contributed by atoms with Crippen LogP contribution in [0.2, 0.25) is 0 Å². The second-order valence-corrected chi connectivity index (χ2v) is 6.55. The van der Waals surface area contributed by atoms with Gasteiger partial charge in [0.2, 0.25) is 0 Å². The summed E-state index contributed by atoms with van der Waals surface area (Å²) in [6, 6.07) is 7.84. The molecular formula is C19H31NO4. The second-order valence-electron chi connectivity index (χ2n) is 6.55. The largest absolute Gasteiger partial charge is 0.494 e. The Morgan fingerprint density at radius 2 is 2.08 bits per heavy atom. The van der Waals surface area contributed by atoms with Crippen LogP contribution in [0.3, 0.4) is 0 Å². The molecule has 0 heterocycles. The van der Waals surface area contributed by atoms with Crippen LogP contribution in [0.25, 0.3) is 0 Å². The summed E-state index contributed by atoms with van der Waals surface area (Å²) in [5.41, 5.74) is 0.893. The topological polar surface area (TPSA) is 78.8 Å². The van der Waals surface area contributed by atoms with Crippen molar-refractivity contribution >= 4 is 5.97 Å². The summed E-state index contributed by atoms with van der Waals surface area (Å²) in [5, 5.41) is 21.7. The number of aliphatic hydroxyl groups is 1. The molecule has 0 aromatic heterocycles. The number of carboxylic acid groups (broad SMARTS) is 1. The van der Waals surface area contributed by atoms with Gasteiger partial charge >= 0.3 is 5.97 Å². The number of ether oxygens (including phenoxy) is 1. The van der Waals surface area contributed by atoms with E-state index in [9.17, 15) is 9.90 Å². The van der Waals surface area contributed by atoms with Crippen molar-refractivity contribution in [3.63, 3.8) is 0 Å². The highest BCUT2D eigenvalue weighted by Gasteiger charge is 2.37. The zero-order valence-electron chi connectivity index (χ0n) is 15.0. The smallest absolute Gasteiger partial charge is 0.303 e. The van der Waals surface area contributed by atoms with Gasteiger partial charge in [-0.15, -0.1) is 0 Å². The first-order chi connectivity index (χ1) is 11.4. The Balaban J connectivity index is 0.000000891. The van der Waals surface area contributed by atoms with Gasteiger partial charge in [-0.2, -0.15) is 0 Å². The first-order valence-electron chi connectivity index (χ1n) is 8.65. The molecule has 1 aromatic rings. The molecular weight excluding hydrogens is 306 g/mol. The minimum atomic E-state index is -0.801. The number of nitrogens with one attached hydrogen (secondary N) is 1. The van der Waals surface area contributed by atoms with Crippen LogP contribution in [-0.2, 0) is 10.2 Å². The fraction of sp³-hybridized carbons (Fsp3) is 0.632. The Hall–Kier alpha value is -1.59. The molecule has 0 bridgehead atoms. The molecule has 136 valence electrons. The van der Waals surface area contributed by atoms with E-state index in [1.165, 1.54) is 0 Å². The predicted molar refractivity (Wildman–Crippen MR) is 95.6 cm³/mol. The lowest BCUT2D eigenvalue weighted by Gasteiger charge is -2.39. The number of carbonyl (C=O) groups is 1. The van der Waals surface area contributed by atoms with Crippen LogP contribution < -0.4 is 10.1 Å². The zero-order valence-corrected chi connectivity index (χ0v) is 15.0. The maximum absolute atomic E-state index is 10.5. The summed E-state index contributed by atoms with van der Waals surface area (Å²) < 4.78 is 5.62. The number of aliphatic hydroxyl groups excluding tert-OH is 1. The van der Waals surface area contributed by atoms with Gasteiger partial charge in [0.25, 0.3) is 0 Å². The first kappa shape index (κ1) is 20.5. The fourth-order valence-corrected chi connectivity index (χ4v) is 3.01. The maximum atomic E-state index is 10.5. The van der Waals surface area contributed by atoms with Crippen LogP contribution in [-0.4, -0.2) is 43.0 Å². The van der Waals surface area contributed by atoms with E-state index in [2.05, 4.69) is 12.2 Å². The number of rotatable bonds is 6. The van der Waals surface area contributed by atoms with Gasteiger partial charge in [0.15, 0.2) is 0 Å². The molecule has 0 amide bonds. The van der Waals surface area contributed by atoms with E-state index < -0.39 is 5.97 Å². The number of hydrogen-bond donors (Lipinski definition) is 3. The molecule has 0 spiro atoms. The summed E-state index contributed by atoms with van der Waals surface area (Å²) >= 11 is 0. The maximum Gasteiger partial charge on any atom is 0.303 e. The molecule has 5 heteroatoms. The molecule has 1 aromatic carbocycles. The van der Waals surface area contributed by atoms with E-state index in [1.807, 2.05) is 38.4 Å². The van der Waals surface area contributed by atoms with Gasteiger partial charge in [-0.3, -0.25) is 4.79 Å². The molecule has 24 heavy (non-hydrogen) atoms. The quantitative estimate of drug-likeness (QED) is 0.696. The van der Waals surface area contributed by atoms with Gasteiger partial charge in [-0.05, 0) is 51.1 Å². The van der Waals surface area contributed by atoms with E-state index in [0.29, 0.717) is 13.0 Å². The normalized spacial score (nSPS) is 23.1. The van der Waals surface area contributed by atoms with Crippen molar-refractivity contribution in [2.24, 2.45) is 0 Å². The number of aliphatic carboxylic acids is 1. The van der Waals surface area contributed by atoms with Gasteiger partial charge in [0.05, 0.1) is 12.7 Å². The molecule has 0 radical (unpaired) electrons. The van der Waals surface area contributed by atoms with Crippen molar-refractivity contribution in [1.82, 2.24) is 5.32 Å². The highest BCUT2D eigenvalue weighted by atomic mass is 16.5. The van der Waals surface area contributed by atoms with Crippen molar-refractivity contribution in [1.29, 1.82) is 0 Å². The Bertz CT molecular complexity index is 506. The highest BCUT2D eigenvalue weighted by Crippen LogP contribution is 2.40. The van der Waals surface area contributed by atoms with Crippen LogP contribution in [0.4, 0.5) is 0 Å². The average Bonchev–Trinajstić information content (AvgIpc) is 2.55. The van der Waals surface area contributed by atoms with E-state index in [1.54, 1.807) is 0 Å². The zero-order chi connectivity index (χ0) is 18.0. The van der Waals surface area contributed by atoms with Crippen molar-refractivity contribution in [3.05, 3.63) is 29.8 Å². The average molecular weight is 337 g/mol. The van der Waals surface area contributed by atoms with E-state index in [4.69, 9.17) is 9.84 Å². The Morgan fingerprint density at radius 3 is 2.71 bits per heavy atom. The summed E-state index contributed by atoms with van der Waals surface area (Å²) in [6.45, 7) is 2.51. The van der Waals surface area contributed by atoms with E-state index in [0.717, 1.165) is 37.0 Å². The highest BCUT2D eigenvalue weighted by molar-refractivity contribution is 5.66. The van der Waals surface area contributed by atoms with Crippen molar-refractivity contribution in [2.45, 2.75) is 57.0 Å². The van der Waals surface area contributed by atoms with Crippen LogP contribution in [0.5, 0.6) is 5.75 Å². The van der Waals surface area contributed by atoms with Crippen molar-refractivity contribution in [3.8, 4) is 5.75 Å². The lowest BCUT2D eigenvalue weighted by atomic mass is 9.69. The van der Waals surface area contributed by atoms with Gasteiger partial charge in [0.1, 0.15) is 5.75 Å². The third-order valence-electron chi connectivity index (χ3n) is 4.46. The summed E-state index contributed by atoms with van der Waals surface area (Å²) in [6.07, 6.45) is 4.36. The van der Waals surface area contributed by atoms with Crippen molar-refractivity contribution in [2.75, 3.05) is 20.7 Å². The molecule has 3 N–H and O–H groups in total. The molecule has 2 atom stereocenters. The van der Waals surface area contributed by atoms with Gasteiger partial charge < -0.3 is 20.3 Å². The molecule has 1 aliphatic rings. The lowest BCUT2D eigenvalue weighted by molar-refractivity contribution is -0.137. The minimum Gasteiger partial charge on any atom is -0.494 e. The Kier molecular flexibility index (Phi) is 8.79. The van der Waals surface area contributed by atoms with Crippen LogP contribution in [0.15, 0.2) is 24.3 Å². The molecule has 1 aliphatic carbocycles. The van der Waals surface area contributed by atoms with Gasteiger partial charge in [-0.1, -0.05) is 31.9 Å². The molecule has 5 nitrogen and oxygen atoms in total. The Morgan fingerprint density at radius 1 is 1.38 bits per heavy atom. The van der Waals surface area contributed by atoms with Crippen LogP contribution >= 0.6 is 0 Å². The molecule has 1 saturated carbocycles. The SMILES string of the molecule is CC1(c2cccc(OCCCC(=O)O)c2)CCCCC1O.CNC. The monoisotopic (exact) mass is 337 g/mol. The number of carboxylic acids is 1. The van der Waals surface area contributed by atoms with E-state index >= 15 is 0 Å². The third kappa shape index (κ3) is 6.13. The fourth-order valence-electron chi connectivity index (χ4n) is 3.01. The van der Waals surface area contributed by atoms with Crippen molar-refractivity contribution < 1.29 is 19.7 Å². The third-order valence-corrected chi connectivity index (χ3v) is 4.46. The standard InChI is InChI=1S/C17H24O4.C2H7N/c1-17(10-3-2-8-15(17)18)13-6-4-7-14(12-13)21-11-5-9-16(19)20;1-3-2/h4,6-7,12,15,18H,2-3,5,8-11H2,1H3,(H,19,20);3H,1-2H3. The summed E-state index contributed by atoms with van der Waals surface area (Å²) in [4.78, 5) is 10.5. The predicted octanol–water partition coefficient (Wildman–Crippen LogP) is 2.96. The molecule has 1 fully saturated rings. The van der Waals surface area contributed by atoms with Crippen LogP contribution in [0, 0.1) is 0 Å². The van der Waals surface area contributed by atoms with E-state index in [-0.39, 0.29) is 17.9 Å². The molecule has 0 aliphatic heterocycles. The molecule has 2 rings (SSSR count). The van der Waals surface area contributed by atoms with Gasteiger partial charge in [0, 0.05) is 11.8 Å². The van der Waals surface area contributed by atoms with Gasteiger partial charge in [-0.25, -0.2) is 0 Å². The first-order valence-corrected chi connectivity index (χ1v) is 8.65. The number of hydrogen-bond acceptors (Lipinski definition) is 4. The number of benzene rings is 1. The second kappa shape index (κ2) is 10.3. The molecule has 2 unspecified atom stereocenters. The Labute approximate surface area is 145 Å². The summed E-state index contributed by atoms with van der Waals surface area (Å²) in [5.74, 6) is -0.0536. The lowest BCUT2D eigenvalue weighted by Crippen LogP contribution is -2.39. The van der Waals surface area contributed by atoms with Crippen LogP contribution in [0.1, 0.15) is 51.0 Å². The minimum absolute atomic E-state index is 0.121.